The first-order valence-corrected chi connectivity index (χ1v) is 8.50. The summed E-state index contributed by atoms with van der Waals surface area (Å²) in [6, 6.07) is 9.59. The molecule has 1 amide bonds. The summed E-state index contributed by atoms with van der Waals surface area (Å²) in [7, 11) is 0. The predicted molar refractivity (Wildman–Crippen MR) is 98.7 cm³/mol. The lowest BCUT2D eigenvalue weighted by Crippen LogP contribution is -2.16. The third-order valence-corrected chi connectivity index (χ3v) is 3.74. The van der Waals surface area contributed by atoms with E-state index in [1.165, 1.54) is 5.56 Å². The number of benzene rings is 1. The summed E-state index contributed by atoms with van der Waals surface area (Å²) >= 11 is 0. The molecule has 1 aromatic heterocycles. The molecule has 0 radical (unpaired) electrons. The Morgan fingerprint density at radius 1 is 1.17 bits per heavy atom. The molecule has 0 spiro atoms. The first-order valence-electron chi connectivity index (χ1n) is 8.50. The van der Waals surface area contributed by atoms with Gasteiger partial charge in [-0.2, -0.15) is 0 Å². The van der Waals surface area contributed by atoms with E-state index in [0.717, 1.165) is 25.1 Å². The van der Waals surface area contributed by atoms with Crippen molar-refractivity contribution in [2.24, 2.45) is 0 Å². The fraction of sp³-hybridized carbons (Fsp3) is 0.421. The van der Waals surface area contributed by atoms with Crippen LogP contribution in [0.2, 0.25) is 0 Å². The van der Waals surface area contributed by atoms with Crippen molar-refractivity contribution in [2.75, 3.05) is 17.2 Å². The van der Waals surface area contributed by atoms with Gasteiger partial charge < -0.3 is 10.6 Å². The number of hydrogen-bond acceptors (Lipinski definition) is 4. The average Bonchev–Trinajstić information content (AvgIpc) is 2.55. The van der Waals surface area contributed by atoms with Gasteiger partial charge in [0, 0.05) is 18.3 Å². The van der Waals surface area contributed by atoms with Crippen molar-refractivity contribution in [3.05, 3.63) is 47.4 Å². The summed E-state index contributed by atoms with van der Waals surface area (Å²) in [6.45, 7) is 9.05. The number of nitrogens with zero attached hydrogens (tertiary/aromatic N) is 2. The number of aryl methyl sites for hydroxylation is 1. The number of anilines is 2. The van der Waals surface area contributed by atoms with Gasteiger partial charge in [0.2, 0.25) is 0 Å². The first-order chi connectivity index (χ1) is 11.5. The number of nitrogens with one attached hydrogen (secondary N) is 2. The highest BCUT2D eigenvalue weighted by atomic mass is 16.1. The van der Waals surface area contributed by atoms with Crippen LogP contribution in [-0.2, 0) is 0 Å². The van der Waals surface area contributed by atoms with E-state index >= 15 is 0 Å². The molecule has 0 bridgehead atoms. The molecule has 0 saturated heterocycles. The second-order valence-electron chi connectivity index (χ2n) is 6.20. The van der Waals surface area contributed by atoms with E-state index in [9.17, 15) is 4.79 Å². The normalized spacial score (nSPS) is 10.7. The van der Waals surface area contributed by atoms with Gasteiger partial charge in [0.05, 0.1) is 0 Å². The van der Waals surface area contributed by atoms with Crippen LogP contribution in [-0.4, -0.2) is 22.4 Å². The Morgan fingerprint density at radius 2 is 1.88 bits per heavy atom. The van der Waals surface area contributed by atoms with Gasteiger partial charge in [-0.1, -0.05) is 39.3 Å². The molecule has 1 heterocycles. The maximum atomic E-state index is 12.4. The van der Waals surface area contributed by atoms with Gasteiger partial charge >= 0.3 is 0 Å². The monoisotopic (exact) mass is 326 g/mol. The quantitative estimate of drug-likeness (QED) is 0.741. The Balaban J connectivity index is 2.08. The Kier molecular flexibility index (Phi) is 6.29. The molecule has 128 valence electrons. The lowest BCUT2D eigenvalue weighted by Gasteiger charge is -2.10. The Labute approximate surface area is 143 Å². The largest absolute Gasteiger partial charge is 0.370 e. The molecule has 2 aromatic rings. The van der Waals surface area contributed by atoms with Crippen LogP contribution in [0.25, 0.3) is 0 Å². The minimum absolute atomic E-state index is 0.226. The fourth-order valence-corrected chi connectivity index (χ4v) is 2.31. The summed E-state index contributed by atoms with van der Waals surface area (Å²) in [5.74, 6) is 1.51. The van der Waals surface area contributed by atoms with Gasteiger partial charge in [-0.15, -0.1) is 0 Å². The highest BCUT2D eigenvalue weighted by molar-refractivity contribution is 6.03. The number of unbranched alkanes of at least 4 members (excludes halogenated alkanes) is 1. The van der Waals surface area contributed by atoms with E-state index in [-0.39, 0.29) is 5.91 Å². The van der Waals surface area contributed by atoms with E-state index in [4.69, 9.17) is 0 Å². The summed E-state index contributed by atoms with van der Waals surface area (Å²) in [6.07, 6.45) is 2.17. The van der Waals surface area contributed by atoms with Gasteiger partial charge in [0.1, 0.15) is 17.3 Å². The smallest absolute Gasteiger partial charge is 0.274 e. The van der Waals surface area contributed by atoms with Crippen molar-refractivity contribution in [1.82, 2.24) is 9.97 Å². The summed E-state index contributed by atoms with van der Waals surface area (Å²) in [5.41, 5.74) is 2.38. The number of aromatic nitrogens is 2. The van der Waals surface area contributed by atoms with Crippen molar-refractivity contribution in [3.8, 4) is 0 Å². The van der Waals surface area contributed by atoms with Gasteiger partial charge in [-0.05, 0) is 37.0 Å². The molecule has 0 aliphatic heterocycles. The van der Waals surface area contributed by atoms with E-state index in [2.05, 4.69) is 41.4 Å². The van der Waals surface area contributed by atoms with Crippen LogP contribution in [0.1, 0.15) is 61.4 Å². The van der Waals surface area contributed by atoms with Gasteiger partial charge in [-0.25, -0.2) is 9.97 Å². The van der Waals surface area contributed by atoms with Crippen LogP contribution in [0.5, 0.6) is 0 Å². The number of rotatable bonds is 7. The minimum atomic E-state index is -0.226. The molecule has 0 fully saturated rings. The zero-order chi connectivity index (χ0) is 17.5. The van der Waals surface area contributed by atoms with Crippen LogP contribution < -0.4 is 10.6 Å². The third kappa shape index (κ3) is 5.05. The number of amides is 1. The van der Waals surface area contributed by atoms with Crippen molar-refractivity contribution in [1.29, 1.82) is 0 Å². The molecule has 2 N–H and O–H groups in total. The zero-order valence-electron chi connectivity index (χ0n) is 14.9. The van der Waals surface area contributed by atoms with E-state index in [1.54, 1.807) is 13.0 Å². The number of carbonyl (C=O) groups is 1. The van der Waals surface area contributed by atoms with Gasteiger partial charge in [0.25, 0.3) is 5.91 Å². The molecule has 1 aromatic carbocycles. The summed E-state index contributed by atoms with van der Waals surface area (Å²) in [4.78, 5) is 21.0. The van der Waals surface area contributed by atoms with Gasteiger partial charge in [-0.3, -0.25) is 4.79 Å². The van der Waals surface area contributed by atoms with Gasteiger partial charge in [0.15, 0.2) is 0 Å². The summed E-state index contributed by atoms with van der Waals surface area (Å²) in [5, 5.41) is 6.12. The minimum Gasteiger partial charge on any atom is -0.370 e. The second-order valence-corrected chi connectivity index (χ2v) is 6.20. The van der Waals surface area contributed by atoms with Crippen molar-refractivity contribution in [2.45, 2.75) is 46.5 Å². The summed E-state index contributed by atoms with van der Waals surface area (Å²) < 4.78 is 0. The molecule has 0 aliphatic rings. The molecule has 0 saturated carbocycles. The molecule has 5 heteroatoms. The lowest BCUT2D eigenvalue weighted by molar-refractivity contribution is 0.102. The van der Waals surface area contributed by atoms with Crippen molar-refractivity contribution < 1.29 is 4.79 Å². The standard InChI is InChI=1S/C19H26N4O/c1-5-6-11-20-18-12-17(21-14(4)22-18)19(24)23-16-9-7-15(8-10-16)13(2)3/h7-10,12-13H,5-6,11H2,1-4H3,(H,23,24)(H,20,21,22). The van der Waals surface area contributed by atoms with E-state index < -0.39 is 0 Å². The molecule has 0 atom stereocenters. The molecule has 24 heavy (non-hydrogen) atoms. The maximum absolute atomic E-state index is 12.4. The van der Waals surface area contributed by atoms with Crippen LogP contribution in [0.15, 0.2) is 30.3 Å². The Morgan fingerprint density at radius 3 is 2.50 bits per heavy atom. The average molecular weight is 326 g/mol. The number of hydrogen-bond donors (Lipinski definition) is 2. The fourth-order valence-electron chi connectivity index (χ4n) is 2.31. The Bertz CT molecular complexity index is 680. The lowest BCUT2D eigenvalue weighted by atomic mass is 10.0. The second kappa shape index (κ2) is 8.43. The van der Waals surface area contributed by atoms with Crippen LogP contribution >= 0.6 is 0 Å². The first kappa shape index (κ1) is 17.9. The molecule has 5 nitrogen and oxygen atoms in total. The molecular formula is C19H26N4O. The molecule has 2 rings (SSSR count). The van der Waals surface area contributed by atoms with E-state index in [1.807, 2.05) is 24.3 Å². The predicted octanol–water partition coefficient (Wildman–Crippen LogP) is 4.37. The SMILES string of the molecule is CCCCNc1cc(C(=O)Nc2ccc(C(C)C)cc2)nc(C)n1. The zero-order valence-corrected chi connectivity index (χ0v) is 14.9. The highest BCUT2D eigenvalue weighted by Crippen LogP contribution is 2.18. The van der Waals surface area contributed by atoms with E-state index in [0.29, 0.717) is 23.3 Å². The van der Waals surface area contributed by atoms with Crippen molar-refractivity contribution >= 4 is 17.4 Å². The third-order valence-electron chi connectivity index (χ3n) is 3.74. The molecule has 0 unspecified atom stereocenters. The van der Waals surface area contributed by atoms with Crippen molar-refractivity contribution in [3.63, 3.8) is 0 Å². The van der Waals surface area contributed by atoms with Crippen LogP contribution in [0.4, 0.5) is 11.5 Å². The topological polar surface area (TPSA) is 66.9 Å². The molecular weight excluding hydrogens is 300 g/mol. The maximum Gasteiger partial charge on any atom is 0.274 e. The van der Waals surface area contributed by atoms with Crippen LogP contribution in [0, 0.1) is 6.92 Å². The molecule has 0 aliphatic carbocycles. The number of carbonyl (C=O) groups excluding carboxylic acids is 1. The van der Waals surface area contributed by atoms with Crippen LogP contribution in [0.3, 0.4) is 0 Å². The Hall–Kier alpha value is -2.43. The highest BCUT2D eigenvalue weighted by Gasteiger charge is 2.11.